The second-order valence-electron chi connectivity index (χ2n) is 6.64. The van der Waals surface area contributed by atoms with E-state index in [-0.39, 0.29) is 11.1 Å². The zero-order valence-electron chi connectivity index (χ0n) is 16.8. The van der Waals surface area contributed by atoms with Gasteiger partial charge in [-0.2, -0.15) is 0 Å². The van der Waals surface area contributed by atoms with E-state index in [2.05, 4.69) is 9.55 Å². The van der Waals surface area contributed by atoms with E-state index in [9.17, 15) is 4.39 Å². The fourth-order valence-corrected chi connectivity index (χ4v) is 4.66. The molecule has 0 saturated heterocycles. The summed E-state index contributed by atoms with van der Waals surface area (Å²) in [6, 6.07) is 12.3. The van der Waals surface area contributed by atoms with Crippen LogP contribution in [-0.4, -0.2) is 31.7 Å². The van der Waals surface area contributed by atoms with E-state index in [1.54, 1.807) is 12.3 Å². The number of hydrogen-bond acceptors (Lipinski definition) is 4. The zero-order valence-corrected chi connectivity index (χ0v) is 19.2. The van der Waals surface area contributed by atoms with Crippen molar-refractivity contribution in [1.29, 1.82) is 0 Å². The lowest BCUT2D eigenvalue weighted by Gasteiger charge is -2.19. The molecule has 0 radical (unpaired) electrons. The molecular formula is C22H21Cl2FN2O4S. The predicted octanol–water partition coefficient (Wildman–Crippen LogP) is 5.94. The van der Waals surface area contributed by atoms with Crippen LogP contribution in [0.2, 0.25) is 10.0 Å². The van der Waals surface area contributed by atoms with Crippen LogP contribution in [0.4, 0.5) is 4.39 Å². The third-order valence-electron chi connectivity index (χ3n) is 4.30. The second-order valence-corrected chi connectivity index (χ2v) is 8.68. The van der Waals surface area contributed by atoms with Gasteiger partial charge >= 0.3 is 11.9 Å². The Kier molecular flexibility index (Phi) is 10.5. The first-order valence-electron chi connectivity index (χ1n) is 9.49. The van der Waals surface area contributed by atoms with Crippen LogP contribution in [0.5, 0.6) is 0 Å². The Morgan fingerprint density at radius 2 is 1.78 bits per heavy atom. The molecule has 0 aliphatic rings. The first kappa shape index (κ1) is 25.7. The number of carboxylic acid groups (broad SMARTS) is 2. The van der Waals surface area contributed by atoms with Crippen LogP contribution in [-0.2, 0) is 21.9 Å². The molecule has 0 bridgehead atoms. The average molecular weight is 499 g/mol. The second kappa shape index (κ2) is 13.1. The van der Waals surface area contributed by atoms with Gasteiger partial charge in [0.1, 0.15) is 5.82 Å². The molecular weight excluding hydrogens is 478 g/mol. The molecule has 0 spiro atoms. The van der Waals surface area contributed by atoms with Crippen molar-refractivity contribution in [2.75, 3.05) is 0 Å². The van der Waals surface area contributed by atoms with Crippen LogP contribution in [0.25, 0.3) is 0 Å². The highest BCUT2D eigenvalue weighted by Gasteiger charge is 2.16. The van der Waals surface area contributed by atoms with Gasteiger partial charge in [0.2, 0.25) is 0 Å². The van der Waals surface area contributed by atoms with Crippen molar-refractivity contribution in [2.24, 2.45) is 0 Å². The summed E-state index contributed by atoms with van der Waals surface area (Å²) >= 11 is 14.3. The number of rotatable bonds is 8. The van der Waals surface area contributed by atoms with Crippen LogP contribution in [0.1, 0.15) is 29.2 Å². The Morgan fingerprint density at radius 3 is 2.34 bits per heavy atom. The van der Waals surface area contributed by atoms with Crippen molar-refractivity contribution >= 4 is 46.9 Å². The lowest BCUT2D eigenvalue weighted by molar-refractivity contribution is -0.159. The van der Waals surface area contributed by atoms with Gasteiger partial charge in [0.25, 0.3) is 0 Å². The van der Waals surface area contributed by atoms with E-state index < -0.39 is 11.9 Å². The summed E-state index contributed by atoms with van der Waals surface area (Å²) in [5, 5.41) is 16.4. The van der Waals surface area contributed by atoms with Crippen molar-refractivity contribution in [3.8, 4) is 0 Å². The molecule has 0 aliphatic heterocycles. The number of aliphatic carboxylic acids is 2. The van der Waals surface area contributed by atoms with Crippen LogP contribution < -0.4 is 0 Å². The van der Waals surface area contributed by atoms with Gasteiger partial charge in [-0.25, -0.2) is 19.0 Å². The smallest absolute Gasteiger partial charge is 0.414 e. The Morgan fingerprint density at radius 1 is 1.09 bits per heavy atom. The number of thioether (sulfide) groups is 1. The van der Waals surface area contributed by atoms with E-state index in [1.807, 2.05) is 48.6 Å². The van der Waals surface area contributed by atoms with Gasteiger partial charge in [-0.3, -0.25) is 0 Å². The van der Waals surface area contributed by atoms with E-state index in [4.69, 9.17) is 43.0 Å². The number of hydrogen-bond donors (Lipinski definition) is 2. The number of aryl methyl sites for hydroxylation is 1. The molecule has 6 nitrogen and oxygen atoms in total. The lowest BCUT2D eigenvalue weighted by atomic mass is 10.1. The van der Waals surface area contributed by atoms with Gasteiger partial charge in [-0.1, -0.05) is 41.4 Å². The highest BCUT2D eigenvalue weighted by atomic mass is 35.5. The summed E-state index contributed by atoms with van der Waals surface area (Å²) in [4.78, 5) is 22.3. The van der Waals surface area contributed by atoms with E-state index in [0.717, 1.165) is 36.3 Å². The Hall–Kier alpha value is -2.55. The standard InChI is InChI=1S/C20H19Cl2FN2S.C2H2O4/c21-16-5-8-18(19(22)12-16)20(2-1-10-25-11-9-24-14-25)26-13-15-3-6-17(23)7-4-15;3-1(4)2(5)6/h3-9,11-12,14,20H,1-2,10,13H2;(H,3,4)(H,5,6). The molecule has 10 heteroatoms. The minimum Gasteiger partial charge on any atom is -0.473 e. The van der Waals surface area contributed by atoms with Gasteiger partial charge in [-0.05, 0) is 48.2 Å². The molecule has 0 saturated carbocycles. The van der Waals surface area contributed by atoms with Gasteiger partial charge < -0.3 is 14.8 Å². The zero-order chi connectivity index (χ0) is 23.5. The highest BCUT2D eigenvalue weighted by Crippen LogP contribution is 2.39. The molecule has 3 aromatic rings. The molecule has 1 aromatic heterocycles. The number of halogens is 3. The van der Waals surface area contributed by atoms with Crippen molar-refractivity contribution < 1.29 is 24.2 Å². The Bertz CT molecular complexity index is 1010. The minimum atomic E-state index is -1.82. The topological polar surface area (TPSA) is 92.4 Å². The van der Waals surface area contributed by atoms with Crippen LogP contribution in [0, 0.1) is 5.82 Å². The molecule has 2 aromatic carbocycles. The number of benzene rings is 2. The summed E-state index contributed by atoms with van der Waals surface area (Å²) in [5.74, 6) is -3.06. The summed E-state index contributed by atoms with van der Waals surface area (Å²) in [5.41, 5.74) is 2.19. The molecule has 1 atom stereocenters. The molecule has 0 fully saturated rings. The van der Waals surface area contributed by atoms with E-state index in [1.165, 1.54) is 12.1 Å². The molecule has 1 unspecified atom stereocenters. The monoisotopic (exact) mass is 498 g/mol. The lowest BCUT2D eigenvalue weighted by Crippen LogP contribution is -2.09. The third kappa shape index (κ3) is 8.90. The van der Waals surface area contributed by atoms with Gasteiger partial charge in [0.05, 0.1) is 6.33 Å². The predicted molar refractivity (Wildman–Crippen MR) is 124 cm³/mol. The van der Waals surface area contributed by atoms with E-state index >= 15 is 0 Å². The Balaban J connectivity index is 0.000000534. The number of nitrogens with zero attached hydrogens (tertiary/aromatic N) is 2. The van der Waals surface area contributed by atoms with Crippen molar-refractivity contribution in [1.82, 2.24) is 9.55 Å². The van der Waals surface area contributed by atoms with Crippen molar-refractivity contribution in [2.45, 2.75) is 30.4 Å². The maximum absolute atomic E-state index is 13.1. The van der Waals surface area contributed by atoms with Crippen LogP contribution in [0.3, 0.4) is 0 Å². The van der Waals surface area contributed by atoms with Crippen molar-refractivity contribution in [3.63, 3.8) is 0 Å². The number of carbonyl (C=O) groups is 2. The molecule has 0 amide bonds. The number of imidazole rings is 1. The van der Waals surface area contributed by atoms with Gasteiger partial charge in [0.15, 0.2) is 0 Å². The summed E-state index contributed by atoms with van der Waals surface area (Å²) in [6.07, 6.45) is 7.57. The fraction of sp³-hybridized carbons (Fsp3) is 0.227. The highest BCUT2D eigenvalue weighted by molar-refractivity contribution is 7.98. The van der Waals surface area contributed by atoms with Crippen LogP contribution >= 0.6 is 35.0 Å². The summed E-state index contributed by atoms with van der Waals surface area (Å²) in [7, 11) is 0. The molecule has 0 aliphatic carbocycles. The molecule has 1 heterocycles. The fourth-order valence-electron chi connectivity index (χ4n) is 2.75. The Labute approximate surface area is 199 Å². The summed E-state index contributed by atoms with van der Waals surface area (Å²) < 4.78 is 15.2. The average Bonchev–Trinajstić information content (AvgIpc) is 3.26. The number of carboxylic acids is 2. The van der Waals surface area contributed by atoms with Gasteiger partial charge in [0, 0.05) is 40.0 Å². The number of aromatic nitrogens is 2. The molecule has 170 valence electrons. The quantitative estimate of drug-likeness (QED) is 0.373. The SMILES string of the molecule is Fc1ccc(CSC(CCCn2ccnc2)c2ccc(Cl)cc2Cl)cc1.O=C(O)C(=O)O. The third-order valence-corrected chi connectivity index (χ3v) is 6.25. The molecule has 32 heavy (non-hydrogen) atoms. The minimum absolute atomic E-state index is 0.212. The van der Waals surface area contributed by atoms with Crippen molar-refractivity contribution in [3.05, 3.63) is 88.2 Å². The largest absolute Gasteiger partial charge is 0.473 e. The van der Waals surface area contributed by atoms with Gasteiger partial charge in [-0.15, -0.1) is 11.8 Å². The maximum atomic E-state index is 13.1. The maximum Gasteiger partial charge on any atom is 0.414 e. The molecule has 3 rings (SSSR count). The first-order chi connectivity index (χ1) is 15.3. The normalized spacial score (nSPS) is 11.3. The first-order valence-corrected chi connectivity index (χ1v) is 11.3. The van der Waals surface area contributed by atoms with Crippen LogP contribution in [0.15, 0.2) is 61.2 Å². The van der Waals surface area contributed by atoms with E-state index in [0.29, 0.717) is 10.0 Å². The summed E-state index contributed by atoms with van der Waals surface area (Å²) in [6.45, 7) is 0.915. The molecule has 2 N–H and O–H groups in total.